The molecule has 1 aliphatic heterocycles. The van der Waals surface area contributed by atoms with Crippen molar-refractivity contribution in [3.63, 3.8) is 0 Å². The van der Waals surface area contributed by atoms with E-state index >= 15 is 0 Å². The summed E-state index contributed by atoms with van der Waals surface area (Å²) in [5.74, 6) is 1.98. The lowest BCUT2D eigenvalue weighted by atomic mass is 10.0. The molecule has 0 atom stereocenters. The summed E-state index contributed by atoms with van der Waals surface area (Å²) in [6.07, 6.45) is 0. The highest BCUT2D eigenvalue weighted by atomic mass is 79.9. The summed E-state index contributed by atoms with van der Waals surface area (Å²) in [4.78, 5) is 0. The summed E-state index contributed by atoms with van der Waals surface area (Å²) in [6.45, 7) is 2.23. The third kappa shape index (κ3) is 1.56. The third-order valence-corrected chi connectivity index (χ3v) is 3.32. The summed E-state index contributed by atoms with van der Waals surface area (Å²) >= 11 is 3.47. The van der Waals surface area contributed by atoms with E-state index in [1.165, 1.54) is 0 Å². The van der Waals surface area contributed by atoms with E-state index in [0.29, 0.717) is 5.82 Å². The molecule has 88 valence electrons. The number of ether oxygens (including phenoxy) is 2. The zero-order valence-corrected chi connectivity index (χ0v) is 10.7. The van der Waals surface area contributed by atoms with Crippen LogP contribution in [0.15, 0.2) is 16.6 Å². The minimum absolute atomic E-state index is 0.253. The number of nitrogens with two attached hydrogens (primary N) is 1. The Hall–Kier alpha value is -1.69. The van der Waals surface area contributed by atoms with Crippen LogP contribution in [0.3, 0.4) is 0 Å². The number of nitrogens with zero attached hydrogens (tertiary/aromatic N) is 1. The smallest absolute Gasteiger partial charge is 0.231 e. The van der Waals surface area contributed by atoms with Gasteiger partial charge in [-0.15, -0.1) is 0 Å². The van der Waals surface area contributed by atoms with E-state index in [1.807, 2.05) is 13.0 Å². The van der Waals surface area contributed by atoms with Crippen LogP contribution in [0.5, 0.6) is 11.5 Å². The lowest BCUT2D eigenvalue weighted by Crippen LogP contribution is -1.93. The van der Waals surface area contributed by atoms with E-state index in [1.54, 1.807) is 6.07 Å². The predicted molar refractivity (Wildman–Crippen MR) is 67.0 cm³/mol. The fourth-order valence-corrected chi connectivity index (χ4v) is 2.44. The molecule has 0 amide bonds. The molecule has 0 aliphatic carbocycles. The van der Waals surface area contributed by atoms with Crippen molar-refractivity contribution in [2.75, 3.05) is 12.5 Å². The van der Waals surface area contributed by atoms with Gasteiger partial charge in [0, 0.05) is 17.2 Å². The molecule has 17 heavy (non-hydrogen) atoms. The zero-order chi connectivity index (χ0) is 12.0. The number of aromatic amines is 1. The number of anilines is 1. The lowest BCUT2D eigenvalue weighted by Gasteiger charge is -2.08. The maximum Gasteiger partial charge on any atom is 0.231 e. The van der Waals surface area contributed by atoms with Gasteiger partial charge in [0.05, 0.1) is 10.2 Å². The molecule has 0 bridgehead atoms. The van der Waals surface area contributed by atoms with Gasteiger partial charge >= 0.3 is 0 Å². The van der Waals surface area contributed by atoms with E-state index < -0.39 is 0 Å². The van der Waals surface area contributed by atoms with Gasteiger partial charge in [-0.05, 0) is 28.9 Å². The first-order valence-corrected chi connectivity index (χ1v) is 5.86. The molecule has 0 spiro atoms. The van der Waals surface area contributed by atoms with Crippen LogP contribution >= 0.6 is 15.9 Å². The highest BCUT2D eigenvalue weighted by Crippen LogP contribution is 2.45. The Morgan fingerprint density at radius 1 is 1.35 bits per heavy atom. The van der Waals surface area contributed by atoms with Gasteiger partial charge in [-0.1, -0.05) is 0 Å². The van der Waals surface area contributed by atoms with Crippen LogP contribution in [0.1, 0.15) is 5.56 Å². The number of benzene rings is 1. The number of nitrogens with one attached hydrogen (secondary N) is 1. The normalized spacial score (nSPS) is 13.1. The summed E-state index contributed by atoms with van der Waals surface area (Å²) in [7, 11) is 0. The first kappa shape index (κ1) is 10.5. The summed E-state index contributed by atoms with van der Waals surface area (Å²) in [5.41, 5.74) is 8.46. The van der Waals surface area contributed by atoms with Gasteiger partial charge < -0.3 is 15.2 Å². The van der Waals surface area contributed by atoms with Gasteiger partial charge in [-0.2, -0.15) is 5.10 Å². The van der Waals surface area contributed by atoms with E-state index in [0.717, 1.165) is 32.8 Å². The minimum atomic E-state index is 0.253. The number of halogens is 1. The van der Waals surface area contributed by atoms with Crippen molar-refractivity contribution in [1.82, 2.24) is 10.2 Å². The number of hydrogen-bond acceptors (Lipinski definition) is 4. The average molecular weight is 296 g/mol. The van der Waals surface area contributed by atoms with Crippen LogP contribution in [0.25, 0.3) is 11.3 Å². The van der Waals surface area contributed by atoms with Crippen LogP contribution in [0.4, 0.5) is 5.82 Å². The molecule has 3 N–H and O–H groups in total. The largest absolute Gasteiger partial charge is 0.453 e. The molecule has 3 rings (SSSR count). The first-order valence-electron chi connectivity index (χ1n) is 5.07. The molecular weight excluding hydrogens is 286 g/mol. The highest BCUT2D eigenvalue weighted by molar-refractivity contribution is 9.10. The Morgan fingerprint density at radius 2 is 2.12 bits per heavy atom. The maximum absolute atomic E-state index is 5.61. The molecule has 1 aromatic carbocycles. The van der Waals surface area contributed by atoms with Crippen LogP contribution in [-0.2, 0) is 0 Å². The van der Waals surface area contributed by atoms with Gasteiger partial charge in [0.1, 0.15) is 5.82 Å². The first-order chi connectivity index (χ1) is 8.16. The number of H-pyrrole nitrogens is 1. The molecule has 1 aliphatic rings. The predicted octanol–water partition coefficient (Wildman–Crippen LogP) is 2.46. The second-order valence-corrected chi connectivity index (χ2v) is 4.66. The topological polar surface area (TPSA) is 73.2 Å². The van der Waals surface area contributed by atoms with Crippen molar-refractivity contribution in [3.05, 3.63) is 22.2 Å². The minimum Gasteiger partial charge on any atom is -0.453 e. The zero-order valence-electron chi connectivity index (χ0n) is 9.08. The van der Waals surface area contributed by atoms with Crippen LogP contribution in [0, 0.1) is 6.92 Å². The van der Waals surface area contributed by atoms with Gasteiger partial charge in [-0.25, -0.2) is 0 Å². The fraction of sp³-hybridized carbons (Fsp3) is 0.182. The molecule has 0 saturated heterocycles. The van der Waals surface area contributed by atoms with Gasteiger partial charge in [0.15, 0.2) is 11.5 Å². The monoisotopic (exact) mass is 295 g/mol. The van der Waals surface area contributed by atoms with Crippen LogP contribution in [0.2, 0.25) is 0 Å². The Bertz CT molecular complexity index is 595. The number of nitrogen functional groups attached to an aromatic ring is 1. The summed E-state index contributed by atoms with van der Waals surface area (Å²) < 4.78 is 11.7. The van der Waals surface area contributed by atoms with Crippen LogP contribution < -0.4 is 15.2 Å². The molecule has 2 heterocycles. The van der Waals surface area contributed by atoms with Gasteiger partial charge in [-0.3, -0.25) is 5.10 Å². The Labute approximate surface area is 106 Å². The fourth-order valence-electron chi connectivity index (χ4n) is 1.91. The number of aromatic nitrogens is 2. The Kier molecular flexibility index (Phi) is 2.25. The molecular formula is C11H10BrN3O2. The van der Waals surface area contributed by atoms with Crippen molar-refractivity contribution in [1.29, 1.82) is 0 Å². The summed E-state index contributed by atoms with van der Waals surface area (Å²) in [6, 6.07) is 3.76. The second kappa shape index (κ2) is 3.66. The maximum atomic E-state index is 5.61. The highest BCUT2D eigenvalue weighted by Gasteiger charge is 2.23. The number of hydrogen-bond donors (Lipinski definition) is 2. The van der Waals surface area contributed by atoms with Crippen molar-refractivity contribution < 1.29 is 9.47 Å². The molecule has 5 nitrogen and oxygen atoms in total. The lowest BCUT2D eigenvalue weighted by molar-refractivity contribution is 0.173. The van der Waals surface area contributed by atoms with Gasteiger partial charge in [0.2, 0.25) is 6.79 Å². The third-order valence-electron chi connectivity index (χ3n) is 2.73. The van der Waals surface area contributed by atoms with Crippen LogP contribution in [-0.4, -0.2) is 17.0 Å². The Morgan fingerprint density at radius 3 is 2.82 bits per heavy atom. The molecule has 0 unspecified atom stereocenters. The molecule has 0 fully saturated rings. The molecule has 6 heteroatoms. The number of rotatable bonds is 1. The van der Waals surface area contributed by atoms with Crippen molar-refractivity contribution >= 4 is 21.7 Å². The van der Waals surface area contributed by atoms with Crippen molar-refractivity contribution in [3.8, 4) is 22.8 Å². The van der Waals surface area contributed by atoms with E-state index in [-0.39, 0.29) is 6.79 Å². The van der Waals surface area contributed by atoms with Crippen molar-refractivity contribution in [2.45, 2.75) is 6.92 Å². The standard InChI is InChI=1S/C11H10BrN3O2/c1-5-6(8-3-9(13)15-14-8)2-7(12)11-10(5)16-4-17-11/h2-3H,4H2,1H3,(H3,13,14,15). The summed E-state index contributed by atoms with van der Waals surface area (Å²) in [5, 5.41) is 6.81. The van der Waals surface area contributed by atoms with E-state index in [4.69, 9.17) is 15.2 Å². The molecule has 1 aromatic heterocycles. The van der Waals surface area contributed by atoms with E-state index in [9.17, 15) is 0 Å². The van der Waals surface area contributed by atoms with E-state index in [2.05, 4.69) is 26.1 Å². The average Bonchev–Trinajstić information content (AvgIpc) is 2.91. The second-order valence-electron chi connectivity index (χ2n) is 3.80. The molecule has 0 saturated carbocycles. The molecule has 2 aromatic rings. The SMILES string of the molecule is Cc1c(-c2cc(N)n[nH]2)cc(Br)c2c1OCO2. The Balaban J connectivity index is 2.22. The quantitative estimate of drug-likeness (QED) is 0.848. The van der Waals surface area contributed by atoms with Gasteiger partial charge in [0.25, 0.3) is 0 Å². The molecule has 0 radical (unpaired) electrons. The number of fused-ring (bicyclic) bond motifs is 1. The van der Waals surface area contributed by atoms with Crippen molar-refractivity contribution in [2.24, 2.45) is 0 Å².